The molecule has 0 N–H and O–H groups in total. The molecule has 8 heteroatoms. The van der Waals surface area contributed by atoms with Gasteiger partial charge in [0.2, 0.25) is 11.8 Å². The highest BCUT2D eigenvalue weighted by Gasteiger charge is 2.14. The minimum atomic E-state index is -0.290. The lowest BCUT2D eigenvalue weighted by Gasteiger charge is -2.14. The molecule has 0 aliphatic rings. The molecule has 0 aromatic rings. The highest BCUT2D eigenvalue weighted by atomic mass is 16.2. The number of Topliss-reactive ketones (excluding diaryl/α,β-unsaturated/α-hetero) is 4. The van der Waals surface area contributed by atoms with Crippen molar-refractivity contribution in [3.05, 3.63) is 0 Å². The summed E-state index contributed by atoms with van der Waals surface area (Å²) in [6.45, 7) is 6.39. The van der Waals surface area contributed by atoms with Crippen LogP contribution in [-0.2, 0) is 28.8 Å². The monoisotopic (exact) mass is 370 g/mol. The first-order valence-corrected chi connectivity index (χ1v) is 8.44. The Kier molecular flexibility index (Phi) is 13.8. The Morgan fingerprint density at radius 2 is 0.885 bits per heavy atom. The van der Waals surface area contributed by atoms with Crippen LogP contribution in [0.5, 0.6) is 0 Å². The molecule has 148 valence electrons. The number of rotatable bonds is 10. The molecule has 0 atom stereocenters. The van der Waals surface area contributed by atoms with Crippen LogP contribution in [0, 0.1) is 0 Å². The number of amides is 2. The van der Waals surface area contributed by atoms with Gasteiger partial charge in [-0.2, -0.15) is 0 Å². The zero-order valence-electron chi connectivity index (χ0n) is 16.6. The fraction of sp³-hybridized carbons (Fsp3) is 0.667. The van der Waals surface area contributed by atoms with Crippen molar-refractivity contribution >= 4 is 34.9 Å². The minimum Gasteiger partial charge on any atom is -0.338 e. The first-order valence-electron chi connectivity index (χ1n) is 8.44. The van der Waals surface area contributed by atoms with E-state index in [1.54, 1.807) is 13.8 Å². The maximum Gasteiger partial charge on any atom is 0.230 e. The highest BCUT2D eigenvalue weighted by molar-refractivity contribution is 5.99. The van der Waals surface area contributed by atoms with Gasteiger partial charge in [-0.1, -0.05) is 13.8 Å². The standard InChI is InChI=1S/2C9H15NO3/c2*1-4-8(12)5-9(13)10(3)6-7(2)11/h2*4-6H2,1-3H3. The van der Waals surface area contributed by atoms with Gasteiger partial charge in [-0.15, -0.1) is 0 Å². The normalized spacial score (nSPS) is 9.46. The van der Waals surface area contributed by atoms with Crippen LogP contribution in [0.25, 0.3) is 0 Å². The molecule has 0 saturated heterocycles. The molecule has 0 radical (unpaired) electrons. The number of hydrogen-bond donors (Lipinski definition) is 0. The molecule has 0 aromatic carbocycles. The molecule has 0 spiro atoms. The molecular formula is C18H30N2O6. The predicted molar refractivity (Wildman–Crippen MR) is 96.5 cm³/mol. The molecular weight excluding hydrogens is 340 g/mol. The lowest BCUT2D eigenvalue weighted by Crippen LogP contribution is -2.32. The maximum atomic E-state index is 11.2. The number of carbonyl (C=O) groups excluding carboxylic acids is 6. The number of hydrogen-bond acceptors (Lipinski definition) is 6. The van der Waals surface area contributed by atoms with Gasteiger partial charge in [0.1, 0.15) is 23.1 Å². The van der Waals surface area contributed by atoms with E-state index in [1.165, 1.54) is 37.7 Å². The summed E-state index contributed by atoms with van der Waals surface area (Å²) in [5.74, 6) is -0.940. The molecule has 0 aromatic heterocycles. The SMILES string of the molecule is CCC(=O)CC(=O)N(C)CC(C)=O.CCC(=O)CC(=O)N(C)CC(C)=O. The molecule has 0 aliphatic carbocycles. The Hall–Kier alpha value is -2.38. The molecule has 0 bridgehead atoms. The van der Waals surface area contributed by atoms with E-state index in [0.717, 1.165) is 0 Å². The molecule has 8 nitrogen and oxygen atoms in total. The van der Waals surface area contributed by atoms with Crippen LogP contribution in [0.1, 0.15) is 53.4 Å². The summed E-state index contributed by atoms with van der Waals surface area (Å²) in [7, 11) is 3.04. The van der Waals surface area contributed by atoms with Gasteiger partial charge >= 0.3 is 0 Å². The number of carbonyl (C=O) groups is 6. The van der Waals surface area contributed by atoms with Crippen LogP contribution in [0.4, 0.5) is 0 Å². The largest absolute Gasteiger partial charge is 0.338 e. The van der Waals surface area contributed by atoms with Gasteiger partial charge in [0.05, 0.1) is 25.9 Å². The molecule has 0 fully saturated rings. The van der Waals surface area contributed by atoms with Crippen molar-refractivity contribution in [1.29, 1.82) is 0 Å². The van der Waals surface area contributed by atoms with Gasteiger partial charge in [0, 0.05) is 26.9 Å². The van der Waals surface area contributed by atoms with E-state index in [1.807, 2.05) is 0 Å². The van der Waals surface area contributed by atoms with Crippen molar-refractivity contribution in [2.24, 2.45) is 0 Å². The van der Waals surface area contributed by atoms with Gasteiger partial charge in [-0.25, -0.2) is 0 Å². The Labute approximate surface area is 154 Å². The van der Waals surface area contributed by atoms with Crippen molar-refractivity contribution in [2.75, 3.05) is 27.2 Å². The van der Waals surface area contributed by atoms with E-state index in [4.69, 9.17) is 0 Å². The van der Waals surface area contributed by atoms with Gasteiger partial charge in [0.15, 0.2) is 0 Å². The molecule has 0 unspecified atom stereocenters. The molecule has 0 heterocycles. The number of ketones is 4. The highest BCUT2D eigenvalue weighted by Crippen LogP contribution is 1.96. The first kappa shape index (κ1) is 25.9. The number of likely N-dealkylation sites (N-methyl/N-ethyl adjacent to an activating group) is 2. The van der Waals surface area contributed by atoms with Crippen LogP contribution >= 0.6 is 0 Å². The van der Waals surface area contributed by atoms with Gasteiger partial charge in [-0.3, -0.25) is 28.8 Å². The average molecular weight is 370 g/mol. The van der Waals surface area contributed by atoms with E-state index in [2.05, 4.69) is 0 Å². The smallest absolute Gasteiger partial charge is 0.230 e. The average Bonchev–Trinajstić information content (AvgIpc) is 2.53. The first-order chi connectivity index (χ1) is 11.9. The van der Waals surface area contributed by atoms with Crippen molar-refractivity contribution in [3.8, 4) is 0 Å². The summed E-state index contributed by atoms with van der Waals surface area (Å²) < 4.78 is 0. The van der Waals surface area contributed by atoms with Gasteiger partial charge in [0.25, 0.3) is 0 Å². The fourth-order valence-corrected chi connectivity index (χ4v) is 1.70. The van der Waals surface area contributed by atoms with Crippen molar-refractivity contribution in [1.82, 2.24) is 9.80 Å². The third kappa shape index (κ3) is 14.0. The molecule has 2 amide bonds. The summed E-state index contributed by atoms with van der Waals surface area (Å²) in [6, 6.07) is 0. The van der Waals surface area contributed by atoms with Gasteiger partial charge in [-0.05, 0) is 13.8 Å². The summed E-state index contributed by atoms with van der Waals surface area (Å²) in [6.07, 6.45) is 0.528. The van der Waals surface area contributed by atoms with Crippen molar-refractivity contribution < 1.29 is 28.8 Å². The second kappa shape index (κ2) is 13.9. The lowest BCUT2D eigenvalue weighted by atomic mass is 10.2. The van der Waals surface area contributed by atoms with Crippen LogP contribution in [0.15, 0.2) is 0 Å². The second-order valence-electron chi connectivity index (χ2n) is 6.04. The van der Waals surface area contributed by atoms with Crippen LogP contribution < -0.4 is 0 Å². The Balaban J connectivity index is 0. The van der Waals surface area contributed by atoms with Gasteiger partial charge < -0.3 is 9.80 Å². The van der Waals surface area contributed by atoms with E-state index in [0.29, 0.717) is 12.8 Å². The minimum absolute atomic E-state index is 0.0792. The molecule has 0 aliphatic heterocycles. The van der Waals surface area contributed by atoms with Crippen molar-refractivity contribution in [3.63, 3.8) is 0 Å². The van der Waals surface area contributed by atoms with E-state index < -0.39 is 0 Å². The third-order valence-electron chi connectivity index (χ3n) is 3.26. The summed E-state index contributed by atoms with van der Waals surface area (Å²) in [4.78, 5) is 68.0. The molecule has 0 rings (SSSR count). The molecule has 26 heavy (non-hydrogen) atoms. The van der Waals surface area contributed by atoms with Crippen LogP contribution in [-0.4, -0.2) is 71.9 Å². The summed E-state index contributed by atoms with van der Waals surface area (Å²) in [5.41, 5.74) is 0. The zero-order chi connectivity index (χ0) is 20.9. The fourth-order valence-electron chi connectivity index (χ4n) is 1.70. The van der Waals surface area contributed by atoms with E-state index in [-0.39, 0.29) is 60.9 Å². The van der Waals surface area contributed by atoms with Crippen LogP contribution in [0.3, 0.4) is 0 Å². The van der Waals surface area contributed by atoms with E-state index >= 15 is 0 Å². The van der Waals surface area contributed by atoms with Crippen LogP contribution in [0.2, 0.25) is 0 Å². The quantitative estimate of drug-likeness (QED) is 0.526. The molecule has 0 saturated carbocycles. The third-order valence-corrected chi connectivity index (χ3v) is 3.26. The summed E-state index contributed by atoms with van der Waals surface area (Å²) >= 11 is 0. The Bertz CT molecular complexity index is 494. The second-order valence-corrected chi connectivity index (χ2v) is 6.04. The maximum absolute atomic E-state index is 11.2. The Morgan fingerprint density at radius 3 is 1.08 bits per heavy atom. The number of nitrogens with zero attached hydrogens (tertiary/aromatic N) is 2. The topological polar surface area (TPSA) is 109 Å². The van der Waals surface area contributed by atoms with E-state index in [9.17, 15) is 28.8 Å². The predicted octanol–water partition coefficient (Wildman–Crippen LogP) is 0.806. The lowest BCUT2D eigenvalue weighted by molar-refractivity contribution is -0.137. The van der Waals surface area contributed by atoms with Crippen molar-refractivity contribution in [2.45, 2.75) is 53.4 Å². The Morgan fingerprint density at radius 1 is 0.615 bits per heavy atom. The summed E-state index contributed by atoms with van der Waals surface area (Å²) in [5, 5.41) is 0. The zero-order valence-corrected chi connectivity index (χ0v) is 16.6.